The van der Waals surface area contributed by atoms with E-state index in [1.807, 2.05) is 12.1 Å². The Bertz CT molecular complexity index is 756. The van der Waals surface area contributed by atoms with Gasteiger partial charge in [-0.15, -0.1) is 0 Å². The minimum atomic E-state index is -0.434. The minimum absolute atomic E-state index is 0.434. The lowest BCUT2D eigenvalue weighted by molar-refractivity contribution is -0.236. The van der Waals surface area contributed by atoms with Gasteiger partial charge in [0.05, 0.1) is 0 Å². The van der Waals surface area contributed by atoms with Gasteiger partial charge in [-0.3, -0.25) is 0 Å². The van der Waals surface area contributed by atoms with E-state index in [-0.39, 0.29) is 0 Å². The topological polar surface area (TPSA) is 27.7 Å². The van der Waals surface area contributed by atoms with Gasteiger partial charge in [0.25, 0.3) is 0 Å². The molecule has 21 heavy (non-hydrogen) atoms. The van der Waals surface area contributed by atoms with Crippen molar-refractivity contribution in [3.05, 3.63) is 59.7 Å². The SMILES string of the molecule is COC1OC(OC)c2cccc3ccc4cccc1c4c23. The van der Waals surface area contributed by atoms with Crippen LogP contribution in [0.25, 0.3) is 21.5 Å². The van der Waals surface area contributed by atoms with Crippen LogP contribution >= 0.6 is 0 Å². The van der Waals surface area contributed by atoms with Crippen LogP contribution in [0.1, 0.15) is 23.7 Å². The summed E-state index contributed by atoms with van der Waals surface area (Å²) in [6, 6.07) is 16.7. The van der Waals surface area contributed by atoms with Gasteiger partial charge in [0.1, 0.15) is 0 Å². The monoisotopic (exact) mass is 280 g/mol. The molecule has 0 radical (unpaired) electrons. The predicted octanol–water partition coefficient (Wildman–Crippen LogP) is 4.31. The van der Waals surface area contributed by atoms with Crippen LogP contribution in [-0.4, -0.2) is 14.2 Å². The molecule has 2 atom stereocenters. The molecule has 0 bridgehead atoms. The molecule has 0 fully saturated rings. The molecular formula is C18H16O3. The van der Waals surface area contributed by atoms with E-state index in [1.54, 1.807) is 14.2 Å². The standard InChI is InChI=1S/C18H16O3/c1-19-17-13-7-3-5-11-9-10-12-6-4-8-14(16(12)15(11)13)18(20-2)21-17/h3-10,17-18H,1-2H3. The van der Waals surface area contributed by atoms with Crippen LogP contribution in [0.5, 0.6) is 0 Å². The number of benzene rings is 3. The van der Waals surface area contributed by atoms with Crippen LogP contribution in [0.4, 0.5) is 0 Å². The van der Waals surface area contributed by atoms with E-state index in [1.165, 1.54) is 21.5 Å². The van der Waals surface area contributed by atoms with Crippen molar-refractivity contribution in [2.75, 3.05) is 14.2 Å². The Morgan fingerprint density at radius 3 is 1.62 bits per heavy atom. The van der Waals surface area contributed by atoms with Gasteiger partial charge in [-0.2, -0.15) is 0 Å². The number of hydrogen-bond donors (Lipinski definition) is 0. The largest absolute Gasteiger partial charge is 0.352 e. The van der Waals surface area contributed by atoms with E-state index in [9.17, 15) is 0 Å². The smallest absolute Gasteiger partial charge is 0.187 e. The highest BCUT2D eigenvalue weighted by molar-refractivity contribution is 6.11. The Morgan fingerprint density at radius 1 is 0.714 bits per heavy atom. The highest BCUT2D eigenvalue weighted by atomic mass is 16.8. The molecule has 0 amide bonds. The quantitative estimate of drug-likeness (QED) is 0.654. The van der Waals surface area contributed by atoms with Gasteiger partial charge < -0.3 is 14.2 Å². The first kappa shape index (κ1) is 12.8. The number of hydrogen-bond acceptors (Lipinski definition) is 3. The lowest BCUT2D eigenvalue weighted by atomic mass is 9.95. The van der Waals surface area contributed by atoms with Crippen molar-refractivity contribution < 1.29 is 14.2 Å². The molecule has 0 aliphatic carbocycles. The minimum Gasteiger partial charge on any atom is -0.352 e. The summed E-state index contributed by atoms with van der Waals surface area (Å²) < 4.78 is 17.1. The van der Waals surface area contributed by atoms with Crippen molar-refractivity contribution in [1.82, 2.24) is 0 Å². The van der Waals surface area contributed by atoms with E-state index in [4.69, 9.17) is 14.2 Å². The summed E-state index contributed by atoms with van der Waals surface area (Å²) >= 11 is 0. The van der Waals surface area contributed by atoms with Gasteiger partial charge in [-0.25, -0.2) is 0 Å². The van der Waals surface area contributed by atoms with Gasteiger partial charge >= 0.3 is 0 Å². The summed E-state index contributed by atoms with van der Waals surface area (Å²) in [6.45, 7) is 0. The second-order valence-corrected chi connectivity index (χ2v) is 5.23. The Hall–Kier alpha value is -1.94. The molecular weight excluding hydrogens is 264 g/mol. The summed E-state index contributed by atoms with van der Waals surface area (Å²) in [5, 5.41) is 4.76. The number of ether oxygens (including phenoxy) is 3. The molecule has 0 spiro atoms. The average molecular weight is 280 g/mol. The Labute approximate surface area is 123 Å². The van der Waals surface area contributed by atoms with Crippen molar-refractivity contribution in [2.45, 2.75) is 12.6 Å². The molecule has 0 saturated heterocycles. The van der Waals surface area contributed by atoms with E-state index in [0.29, 0.717) is 0 Å². The van der Waals surface area contributed by atoms with Crippen LogP contribution in [0, 0.1) is 0 Å². The fraction of sp³-hybridized carbons (Fsp3) is 0.222. The molecule has 106 valence electrons. The van der Waals surface area contributed by atoms with Gasteiger partial charge in [0.2, 0.25) is 0 Å². The third-order valence-electron chi connectivity index (χ3n) is 4.13. The first-order valence-electron chi connectivity index (χ1n) is 6.99. The molecule has 3 heteroatoms. The van der Waals surface area contributed by atoms with E-state index in [2.05, 4.69) is 36.4 Å². The molecule has 1 aliphatic rings. The van der Waals surface area contributed by atoms with Crippen molar-refractivity contribution in [3.8, 4) is 0 Å². The fourth-order valence-electron chi connectivity index (χ4n) is 3.23. The summed E-state index contributed by atoms with van der Waals surface area (Å²) in [7, 11) is 3.32. The number of rotatable bonds is 2. The molecule has 0 saturated carbocycles. The Morgan fingerprint density at radius 2 is 1.19 bits per heavy atom. The first-order valence-corrected chi connectivity index (χ1v) is 6.99. The van der Waals surface area contributed by atoms with Crippen molar-refractivity contribution >= 4 is 21.5 Å². The highest BCUT2D eigenvalue weighted by Gasteiger charge is 2.27. The molecule has 3 nitrogen and oxygen atoms in total. The van der Waals surface area contributed by atoms with Crippen LogP contribution in [-0.2, 0) is 14.2 Å². The van der Waals surface area contributed by atoms with Gasteiger partial charge in [-0.05, 0) is 21.5 Å². The zero-order valence-corrected chi connectivity index (χ0v) is 12.0. The van der Waals surface area contributed by atoms with Crippen LogP contribution in [0.2, 0.25) is 0 Å². The zero-order valence-electron chi connectivity index (χ0n) is 12.0. The Kier molecular flexibility index (Phi) is 2.93. The van der Waals surface area contributed by atoms with Crippen molar-refractivity contribution in [1.29, 1.82) is 0 Å². The van der Waals surface area contributed by atoms with Crippen LogP contribution < -0.4 is 0 Å². The van der Waals surface area contributed by atoms with Crippen molar-refractivity contribution in [3.63, 3.8) is 0 Å². The van der Waals surface area contributed by atoms with Crippen LogP contribution in [0.3, 0.4) is 0 Å². The van der Waals surface area contributed by atoms with Gasteiger partial charge in [0, 0.05) is 25.3 Å². The molecule has 1 aliphatic heterocycles. The number of methoxy groups -OCH3 is 2. The summed E-state index contributed by atoms with van der Waals surface area (Å²) in [6.07, 6.45) is -0.867. The first-order chi connectivity index (χ1) is 10.3. The summed E-state index contributed by atoms with van der Waals surface area (Å²) in [4.78, 5) is 0. The maximum Gasteiger partial charge on any atom is 0.187 e. The highest BCUT2D eigenvalue weighted by Crippen LogP contribution is 2.42. The van der Waals surface area contributed by atoms with Gasteiger partial charge in [0.15, 0.2) is 12.6 Å². The molecule has 1 heterocycles. The normalized spacial score (nSPS) is 21.0. The second kappa shape index (κ2) is 4.81. The zero-order chi connectivity index (χ0) is 14.4. The summed E-state index contributed by atoms with van der Waals surface area (Å²) in [5.74, 6) is 0. The average Bonchev–Trinajstić information content (AvgIpc) is 2.68. The molecule has 0 N–H and O–H groups in total. The second-order valence-electron chi connectivity index (χ2n) is 5.23. The van der Waals surface area contributed by atoms with E-state index in [0.717, 1.165) is 11.1 Å². The Balaban J connectivity index is 2.21. The lowest BCUT2D eigenvalue weighted by Gasteiger charge is -2.21. The van der Waals surface area contributed by atoms with Crippen molar-refractivity contribution in [2.24, 2.45) is 0 Å². The molecule has 2 unspecified atom stereocenters. The third kappa shape index (κ3) is 1.79. The van der Waals surface area contributed by atoms with E-state index >= 15 is 0 Å². The predicted molar refractivity (Wildman–Crippen MR) is 82.0 cm³/mol. The van der Waals surface area contributed by atoms with E-state index < -0.39 is 12.6 Å². The maximum absolute atomic E-state index is 6.03. The molecule has 4 rings (SSSR count). The molecule has 3 aromatic rings. The summed E-state index contributed by atoms with van der Waals surface area (Å²) in [5.41, 5.74) is 2.10. The van der Waals surface area contributed by atoms with Gasteiger partial charge in [-0.1, -0.05) is 48.5 Å². The fourth-order valence-corrected chi connectivity index (χ4v) is 3.23. The molecule has 3 aromatic carbocycles. The lowest BCUT2D eigenvalue weighted by Crippen LogP contribution is -2.11. The van der Waals surface area contributed by atoms with Crippen LogP contribution in [0.15, 0.2) is 48.5 Å². The molecule has 0 aromatic heterocycles. The maximum atomic E-state index is 6.03. The third-order valence-corrected chi connectivity index (χ3v) is 4.13.